The van der Waals surface area contributed by atoms with Crippen LogP contribution in [0, 0.1) is 12.4 Å². The van der Waals surface area contributed by atoms with Gasteiger partial charge < -0.3 is 28.9 Å². The van der Waals surface area contributed by atoms with Crippen molar-refractivity contribution in [2.75, 3.05) is 31.1 Å². The third-order valence-corrected chi connectivity index (χ3v) is 8.15. The van der Waals surface area contributed by atoms with E-state index in [0.29, 0.717) is 60.7 Å². The Morgan fingerprint density at radius 2 is 2.10 bits per heavy atom. The Kier molecular flexibility index (Phi) is 7.25. The summed E-state index contributed by atoms with van der Waals surface area (Å²) in [6.07, 6.45) is 0.966. The summed E-state index contributed by atoms with van der Waals surface area (Å²) >= 11 is 1.12. The lowest BCUT2D eigenvalue weighted by Crippen LogP contribution is -2.50. The Morgan fingerprint density at radius 1 is 1.24 bits per heavy atom. The van der Waals surface area contributed by atoms with Gasteiger partial charge in [-0.25, -0.2) is 19.0 Å². The quantitative estimate of drug-likeness (QED) is 0.297. The van der Waals surface area contributed by atoms with Crippen molar-refractivity contribution in [2.45, 2.75) is 32.2 Å². The molecule has 210 valence electrons. The lowest BCUT2D eigenvalue weighted by atomic mass is 10.2. The second-order valence-corrected chi connectivity index (χ2v) is 10.8. The Bertz CT molecular complexity index is 1680. The molecule has 11 nitrogen and oxygen atoms in total. The molecule has 2 aliphatic rings. The average molecular weight is 577 g/mol. The normalized spacial score (nSPS) is 17.0. The van der Waals surface area contributed by atoms with Crippen molar-refractivity contribution in [3.05, 3.63) is 76.0 Å². The van der Waals surface area contributed by atoms with Gasteiger partial charge in [-0.3, -0.25) is 4.79 Å². The van der Waals surface area contributed by atoms with E-state index in [-0.39, 0.29) is 35.7 Å². The first-order valence-corrected chi connectivity index (χ1v) is 13.8. The molecule has 1 amide bonds. The molecule has 2 aliphatic heterocycles. The number of amides is 1. The molecule has 1 aromatic carbocycles. The minimum atomic E-state index is -0.988. The van der Waals surface area contributed by atoms with Crippen LogP contribution in [0.1, 0.15) is 27.5 Å². The number of aromatic carboxylic acids is 1. The number of hydrogen-bond donors (Lipinski definition) is 1. The number of thiophene rings is 1. The van der Waals surface area contributed by atoms with Gasteiger partial charge in [0, 0.05) is 31.3 Å². The van der Waals surface area contributed by atoms with Gasteiger partial charge in [0.2, 0.25) is 11.8 Å². The van der Waals surface area contributed by atoms with Gasteiger partial charge >= 0.3 is 5.97 Å². The fourth-order valence-electron chi connectivity index (χ4n) is 4.80. The highest BCUT2D eigenvalue weighted by molar-refractivity contribution is 7.20. The summed E-state index contributed by atoms with van der Waals surface area (Å²) in [6, 6.07) is 11.1. The zero-order valence-corrected chi connectivity index (χ0v) is 22.6. The van der Waals surface area contributed by atoms with Gasteiger partial charge in [-0.1, -0.05) is 18.2 Å². The number of carbonyl (C=O) groups is 2. The number of piperazine rings is 1. The molecule has 2 saturated heterocycles. The molecule has 1 N–H and O–H groups in total. The van der Waals surface area contributed by atoms with Crippen molar-refractivity contribution in [2.24, 2.45) is 0 Å². The van der Waals surface area contributed by atoms with Gasteiger partial charge in [-0.2, -0.15) is 4.98 Å². The summed E-state index contributed by atoms with van der Waals surface area (Å²) in [5, 5.41) is 9.40. The van der Waals surface area contributed by atoms with Crippen LogP contribution in [0.25, 0.3) is 15.2 Å². The number of anilines is 1. The number of carboxylic acid groups (broad SMARTS) is 1. The summed E-state index contributed by atoms with van der Waals surface area (Å²) in [5.41, 5.74) is 1.28. The van der Waals surface area contributed by atoms with Crippen molar-refractivity contribution in [1.82, 2.24) is 19.4 Å². The highest BCUT2D eigenvalue weighted by atomic mass is 32.1. The standard InChI is InChI=1S/C28H25FN6O5S/c1-30-18-6-5-17(20(29)11-18)16-40-25-4-2-3-23(31-25)33-8-9-34(26(36)15-33)14-24-32-27-21(12-22(41-27)28(37)38)35(24)13-19-7-10-39-19/h2-6,11-12,19H,7-10,13-16H2,(H,37,38). The van der Waals surface area contributed by atoms with Crippen molar-refractivity contribution in [3.8, 4) is 5.88 Å². The van der Waals surface area contributed by atoms with Crippen LogP contribution in [0.15, 0.2) is 42.5 Å². The summed E-state index contributed by atoms with van der Waals surface area (Å²) in [5.74, 6) is -0.0185. The highest BCUT2D eigenvalue weighted by Gasteiger charge is 2.29. The smallest absolute Gasteiger partial charge is 0.346 e. The lowest BCUT2D eigenvalue weighted by molar-refractivity contribution is -0.131. The molecule has 0 saturated carbocycles. The summed E-state index contributed by atoms with van der Waals surface area (Å²) in [6.45, 7) is 9.62. The first-order chi connectivity index (χ1) is 19.9. The maximum Gasteiger partial charge on any atom is 0.346 e. The van der Waals surface area contributed by atoms with Gasteiger partial charge in [0.15, 0.2) is 5.69 Å². The number of aromatic nitrogens is 3. The lowest BCUT2D eigenvalue weighted by Gasteiger charge is -2.35. The van der Waals surface area contributed by atoms with Crippen LogP contribution < -0.4 is 9.64 Å². The SMILES string of the molecule is [C-]#[N+]c1ccc(COc2cccc(N3CCN(Cc4nc5sc(C(=O)O)cc5n4CC4CCO4)C(=O)C3)n2)c(F)c1. The van der Waals surface area contributed by atoms with Gasteiger partial charge in [0.05, 0.1) is 37.8 Å². The Morgan fingerprint density at radius 3 is 2.80 bits per heavy atom. The number of carbonyl (C=O) groups excluding carboxylic acids is 1. The third-order valence-electron chi connectivity index (χ3n) is 7.14. The molecule has 0 aliphatic carbocycles. The number of benzene rings is 1. The number of ether oxygens (including phenoxy) is 2. The maximum absolute atomic E-state index is 14.2. The van der Waals surface area contributed by atoms with E-state index in [1.54, 1.807) is 29.2 Å². The number of nitrogens with zero attached hydrogens (tertiary/aromatic N) is 6. The number of carboxylic acids is 1. The second kappa shape index (κ2) is 11.1. The molecule has 3 aromatic heterocycles. The number of halogens is 1. The molecular formula is C28H25FN6O5S. The van der Waals surface area contributed by atoms with Gasteiger partial charge in [-0.05, 0) is 24.6 Å². The monoisotopic (exact) mass is 576 g/mol. The summed E-state index contributed by atoms with van der Waals surface area (Å²) in [4.78, 5) is 41.5. The molecule has 41 heavy (non-hydrogen) atoms. The van der Waals surface area contributed by atoms with Gasteiger partial charge in [-0.15, -0.1) is 11.3 Å². The highest BCUT2D eigenvalue weighted by Crippen LogP contribution is 2.29. The fourth-order valence-corrected chi connectivity index (χ4v) is 5.69. The number of fused-ring (bicyclic) bond motifs is 1. The molecule has 0 radical (unpaired) electrons. The number of rotatable bonds is 9. The van der Waals surface area contributed by atoms with Crippen LogP contribution >= 0.6 is 11.3 Å². The van der Waals surface area contributed by atoms with E-state index >= 15 is 0 Å². The molecule has 1 atom stereocenters. The van der Waals surface area contributed by atoms with E-state index in [0.717, 1.165) is 23.3 Å². The first kappa shape index (κ1) is 26.7. The molecule has 2 fully saturated rings. The molecule has 13 heteroatoms. The Balaban J connectivity index is 1.12. The molecule has 1 unspecified atom stereocenters. The van der Waals surface area contributed by atoms with E-state index in [4.69, 9.17) is 21.0 Å². The Labute approximate surface area is 238 Å². The molecule has 0 bridgehead atoms. The predicted molar refractivity (Wildman–Crippen MR) is 148 cm³/mol. The minimum Gasteiger partial charge on any atom is -0.477 e. The zero-order chi connectivity index (χ0) is 28.5. The predicted octanol–water partition coefficient (Wildman–Crippen LogP) is 4.10. The topological polar surface area (TPSA) is 114 Å². The Hall–Kier alpha value is -4.54. The molecule has 5 heterocycles. The number of hydrogen-bond acceptors (Lipinski definition) is 8. The fraction of sp³-hybridized carbons (Fsp3) is 0.321. The van der Waals surface area contributed by atoms with Crippen LogP contribution in [-0.2, 0) is 29.2 Å². The van der Waals surface area contributed by atoms with Crippen molar-refractivity contribution < 1.29 is 28.6 Å². The minimum absolute atomic E-state index is 0.0436. The van der Waals surface area contributed by atoms with Crippen LogP contribution in [0.5, 0.6) is 5.88 Å². The zero-order valence-electron chi connectivity index (χ0n) is 21.8. The second-order valence-electron chi connectivity index (χ2n) is 9.77. The van der Waals surface area contributed by atoms with E-state index in [9.17, 15) is 19.1 Å². The third kappa shape index (κ3) is 5.57. The van der Waals surface area contributed by atoms with Crippen molar-refractivity contribution in [3.63, 3.8) is 0 Å². The summed E-state index contributed by atoms with van der Waals surface area (Å²) in [7, 11) is 0. The van der Waals surface area contributed by atoms with E-state index in [1.807, 2.05) is 9.47 Å². The maximum atomic E-state index is 14.2. The van der Waals surface area contributed by atoms with E-state index in [1.165, 1.54) is 18.2 Å². The van der Waals surface area contributed by atoms with Crippen molar-refractivity contribution in [1.29, 1.82) is 0 Å². The van der Waals surface area contributed by atoms with E-state index in [2.05, 4.69) is 9.83 Å². The van der Waals surface area contributed by atoms with Gasteiger partial charge in [0.25, 0.3) is 0 Å². The largest absolute Gasteiger partial charge is 0.477 e. The first-order valence-electron chi connectivity index (χ1n) is 13.0. The molecular weight excluding hydrogens is 551 g/mol. The average Bonchev–Trinajstić information content (AvgIpc) is 3.49. The molecule has 0 spiro atoms. The number of imidazole rings is 1. The molecule has 4 aromatic rings. The van der Waals surface area contributed by atoms with Crippen LogP contribution in [-0.4, -0.2) is 68.8 Å². The van der Waals surface area contributed by atoms with Crippen LogP contribution in [0.4, 0.5) is 15.9 Å². The summed E-state index contributed by atoms with van der Waals surface area (Å²) < 4.78 is 27.5. The van der Waals surface area contributed by atoms with E-state index < -0.39 is 11.8 Å². The van der Waals surface area contributed by atoms with Crippen LogP contribution in [0.3, 0.4) is 0 Å². The van der Waals surface area contributed by atoms with Crippen LogP contribution in [0.2, 0.25) is 0 Å². The van der Waals surface area contributed by atoms with Crippen molar-refractivity contribution >= 4 is 45.1 Å². The number of pyridine rings is 1. The molecule has 6 rings (SSSR count). The van der Waals surface area contributed by atoms with Gasteiger partial charge in [0.1, 0.15) is 33.8 Å².